The third-order valence-corrected chi connectivity index (χ3v) is 3.10. The highest BCUT2D eigenvalue weighted by Crippen LogP contribution is 2.16. The Kier molecular flexibility index (Phi) is 7.95. The van der Waals surface area contributed by atoms with Gasteiger partial charge in [-0.15, -0.1) is 0 Å². The summed E-state index contributed by atoms with van der Waals surface area (Å²) in [5.41, 5.74) is 5.89. The molecule has 0 aliphatic heterocycles. The highest BCUT2D eigenvalue weighted by atomic mass is 16.5. The second-order valence-corrected chi connectivity index (χ2v) is 4.90. The number of nitrogens with two attached hydrogens (primary N) is 1. The molecule has 2 N–H and O–H groups in total. The van der Waals surface area contributed by atoms with E-state index < -0.39 is 0 Å². The molecule has 0 atom stereocenters. The van der Waals surface area contributed by atoms with E-state index in [-0.39, 0.29) is 0 Å². The van der Waals surface area contributed by atoms with Crippen molar-refractivity contribution in [2.24, 2.45) is 0 Å². The first-order valence-corrected chi connectivity index (χ1v) is 7.67. The van der Waals surface area contributed by atoms with Gasteiger partial charge in [0.15, 0.2) is 5.82 Å². The van der Waals surface area contributed by atoms with Gasteiger partial charge in [0.1, 0.15) is 18.2 Å². The summed E-state index contributed by atoms with van der Waals surface area (Å²) in [6.07, 6.45) is 4.67. The SMILES string of the molecule is CCCCN(CCCC)c1cc(N)nc(COCC)n1. The summed E-state index contributed by atoms with van der Waals surface area (Å²) in [4.78, 5) is 11.1. The Morgan fingerprint density at radius 1 is 1.10 bits per heavy atom. The van der Waals surface area contributed by atoms with Crippen molar-refractivity contribution in [2.75, 3.05) is 30.3 Å². The zero-order valence-corrected chi connectivity index (χ0v) is 13.1. The minimum atomic E-state index is 0.421. The predicted molar refractivity (Wildman–Crippen MR) is 83.8 cm³/mol. The van der Waals surface area contributed by atoms with E-state index in [0.29, 0.717) is 24.9 Å². The molecule has 1 aromatic heterocycles. The standard InChI is InChI=1S/C15H28N4O/c1-4-7-9-19(10-8-5-2)15-11-13(16)17-14(18-15)12-20-6-3/h11H,4-10,12H2,1-3H3,(H2,16,17,18). The van der Waals surface area contributed by atoms with E-state index >= 15 is 0 Å². The number of aromatic nitrogens is 2. The molecule has 0 radical (unpaired) electrons. The number of ether oxygens (including phenoxy) is 1. The molecule has 1 heterocycles. The quantitative estimate of drug-likeness (QED) is 0.713. The van der Waals surface area contributed by atoms with E-state index in [1.54, 1.807) is 0 Å². The molecule has 5 heteroatoms. The molecule has 0 spiro atoms. The highest BCUT2D eigenvalue weighted by molar-refractivity contribution is 5.46. The highest BCUT2D eigenvalue weighted by Gasteiger charge is 2.10. The van der Waals surface area contributed by atoms with Crippen LogP contribution < -0.4 is 10.6 Å². The summed E-state index contributed by atoms with van der Waals surface area (Å²) in [5, 5.41) is 0. The molecule has 1 aromatic rings. The molecule has 0 aliphatic rings. The number of anilines is 2. The van der Waals surface area contributed by atoms with Gasteiger partial charge < -0.3 is 15.4 Å². The van der Waals surface area contributed by atoms with Crippen molar-refractivity contribution in [2.45, 2.75) is 53.1 Å². The summed E-state index contributed by atoms with van der Waals surface area (Å²) >= 11 is 0. The minimum Gasteiger partial charge on any atom is -0.384 e. The first-order chi connectivity index (χ1) is 9.71. The minimum absolute atomic E-state index is 0.421. The predicted octanol–water partition coefficient (Wildman–Crippen LogP) is 3.00. The van der Waals surface area contributed by atoms with Gasteiger partial charge in [0.25, 0.3) is 0 Å². The Bertz CT molecular complexity index is 376. The van der Waals surface area contributed by atoms with Crippen LogP contribution in [0.2, 0.25) is 0 Å². The normalized spacial score (nSPS) is 10.8. The van der Waals surface area contributed by atoms with Gasteiger partial charge in [-0.3, -0.25) is 0 Å². The van der Waals surface area contributed by atoms with Crippen molar-refractivity contribution >= 4 is 11.6 Å². The van der Waals surface area contributed by atoms with Gasteiger partial charge in [0.05, 0.1) is 0 Å². The lowest BCUT2D eigenvalue weighted by Crippen LogP contribution is -2.27. The molecule has 5 nitrogen and oxygen atoms in total. The van der Waals surface area contributed by atoms with Crippen molar-refractivity contribution in [3.8, 4) is 0 Å². The molecule has 0 aliphatic carbocycles. The lowest BCUT2D eigenvalue weighted by atomic mass is 10.2. The van der Waals surface area contributed by atoms with Crippen LogP contribution in [0.5, 0.6) is 0 Å². The van der Waals surface area contributed by atoms with E-state index in [4.69, 9.17) is 10.5 Å². The number of nitrogen functional groups attached to an aromatic ring is 1. The van der Waals surface area contributed by atoms with Crippen molar-refractivity contribution in [3.05, 3.63) is 11.9 Å². The van der Waals surface area contributed by atoms with Crippen molar-refractivity contribution in [1.82, 2.24) is 9.97 Å². The first kappa shape index (κ1) is 16.7. The largest absolute Gasteiger partial charge is 0.384 e. The molecule has 0 saturated carbocycles. The van der Waals surface area contributed by atoms with Crippen LogP contribution in [0.15, 0.2) is 6.07 Å². The monoisotopic (exact) mass is 280 g/mol. The van der Waals surface area contributed by atoms with E-state index in [0.717, 1.165) is 31.7 Å². The molecule has 0 fully saturated rings. The molecular formula is C15H28N4O. The smallest absolute Gasteiger partial charge is 0.158 e. The van der Waals surface area contributed by atoms with Crippen molar-refractivity contribution in [1.29, 1.82) is 0 Å². The number of unbranched alkanes of at least 4 members (excludes halogenated alkanes) is 2. The average molecular weight is 280 g/mol. The molecule has 0 saturated heterocycles. The van der Waals surface area contributed by atoms with Crippen LogP contribution in [0.3, 0.4) is 0 Å². The Hall–Kier alpha value is -1.36. The van der Waals surface area contributed by atoms with Crippen LogP contribution in [0.25, 0.3) is 0 Å². The maximum absolute atomic E-state index is 5.89. The molecule has 1 rings (SSSR count). The maximum Gasteiger partial charge on any atom is 0.158 e. The Morgan fingerprint density at radius 2 is 1.75 bits per heavy atom. The number of nitrogens with zero attached hydrogens (tertiary/aromatic N) is 3. The van der Waals surface area contributed by atoms with Gasteiger partial charge >= 0.3 is 0 Å². The van der Waals surface area contributed by atoms with Gasteiger partial charge in [0, 0.05) is 25.8 Å². The van der Waals surface area contributed by atoms with Gasteiger partial charge in [0.2, 0.25) is 0 Å². The Labute approximate surface area is 122 Å². The molecule has 0 bridgehead atoms. The van der Waals surface area contributed by atoms with Crippen LogP contribution in [0.1, 0.15) is 52.3 Å². The fourth-order valence-corrected chi connectivity index (χ4v) is 1.96. The zero-order chi connectivity index (χ0) is 14.8. The Balaban J connectivity index is 2.83. The van der Waals surface area contributed by atoms with Crippen molar-refractivity contribution < 1.29 is 4.74 Å². The molecule has 0 aromatic carbocycles. The van der Waals surface area contributed by atoms with E-state index in [1.807, 2.05) is 13.0 Å². The second-order valence-electron chi connectivity index (χ2n) is 4.90. The fourth-order valence-electron chi connectivity index (χ4n) is 1.96. The molecule has 114 valence electrons. The summed E-state index contributed by atoms with van der Waals surface area (Å²) < 4.78 is 5.37. The third kappa shape index (κ3) is 5.74. The molecule has 20 heavy (non-hydrogen) atoms. The number of rotatable bonds is 10. The molecular weight excluding hydrogens is 252 g/mol. The van der Waals surface area contributed by atoms with Crippen LogP contribution in [0.4, 0.5) is 11.6 Å². The van der Waals surface area contributed by atoms with Crippen LogP contribution in [0, 0.1) is 0 Å². The summed E-state index contributed by atoms with van der Waals surface area (Å²) in [5.74, 6) is 2.11. The van der Waals surface area contributed by atoms with Gasteiger partial charge in [-0.2, -0.15) is 0 Å². The molecule has 0 unspecified atom stereocenters. The summed E-state index contributed by atoms with van der Waals surface area (Å²) in [7, 11) is 0. The lowest BCUT2D eigenvalue weighted by Gasteiger charge is -2.24. The topological polar surface area (TPSA) is 64.3 Å². The van der Waals surface area contributed by atoms with Crippen molar-refractivity contribution in [3.63, 3.8) is 0 Å². The fraction of sp³-hybridized carbons (Fsp3) is 0.733. The van der Waals surface area contributed by atoms with Crippen LogP contribution in [-0.4, -0.2) is 29.7 Å². The van der Waals surface area contributed by atoms with Crippen LogP contribution in [-0.2, 0) is 11.3 Å². The Morgan fingerprint density at radius 3 is 2.30 bits per heavy atom. The molecule has 0 amide bonds. The van der Waals surface area contributed by atoms with E-state index in [1.165, 1.54) is 12.8 Å². The third-order valence-electron chi connectivity index (χ3n) is 3.10. The lowest BCUT2D eigenvalue weighted by molar-refractivity contribution is 0.128. The average Bonchev–Trinajstić information content (AvgIpc) is 2.44. The van der Waals surface area contributed by atoms with Gasteiger partial charge in [-0.25, -0.2) is 9.97 Å². The van der Waals surface area contributed by atoms with Gasteiger partial charge in [-0.1, -0.05) is 26.7 Å². The number of hydrogen-bond donors (Lipinski definition) is 1. The van der Waals surface area contributed by atoms with Gasteiger partial charge in [-0.05, 0) is 19.8 Å². The van der Waals surface area contributed by atoms with Crippen LogP contribution >= 0.6 is 0 Å². The summed E-state index contributed by atoms with van der Waals surface area (Å²) in [6, 6.07) is 1.86. The van der Waals surface area contributed by atoms with E-state index in [2.05, 4.69) is 28.7 Å². The maximum atomic E-state index is 5.89. The first-order valence-electron chi connectivity index (χ1n) is 7.67. The second kappa shape index (κ2) is 9.53. The number of hydrogen-bond acceptors (Lipinski definition) is 5. The zero-order valence-electron chi connectivity index (χ0n) is 13.1. The van der Waals surface area contributed by atoms with E-state index in [9.17, 15) is 0 Å². The summed E-state index contributed by atoms with van der Waals surface area (Å²) in [6.45, 7) is 9.47.